The normalized spacial score (nSPS) is 12.0. The van der Waals surface area contributed by atoms with Crippen molar-refractivity contribution in [2.24, 2.45) is 0 Å². The fraction of sp³-hybridized carbons (Fsp3) is 0.304. The van der Waals surface area contributed by atoms with Gasteiger partial charge in [0.05, 0.1) is 32.3 Å². The highest BCUT2D eigenvalue weighted by Gasteiger charge is 2.23. The Morgan fingerprint density at radius 2 is 1.68 bits per heavy atom. The Balaban J connectivity index is 2.27. The fourth-order valence-corrected chi connectivity index (χ4v) is 2.80. The number of allylic oxidation sites excluding steroid dienone is 1. The monoisotopic (exact) mass is 379 g/mol. The van der Waals surface area contributed by atoms with E-state index in [-0.39, 0.29) is 19.0 Å². The molecule has 0 bridgehead atoms. The summed E-state index contributed by atoms with van der Waals surface area (Å²) in [7, 11) is 1.60. The maximum Gasteiger partial charge on any atom is 0.313 e. The molecule has 1 atom stereocenters. The molecule has 0 radical (unpaired) electrons. The van der Waals surface area contributed by atoms with Gasteiger partial charge in [-0.1, -0.05) is 24.3 Å². The number of hydrogen-bond acceptors (Lipinski definition) is 5. The second-order valence-electron chi connectivity index (χ2n) is 6.07. The van der Waals surface area contributed by atoms with Crippen molar-refractivity contribution >= 4 is 12.0 Å². The van der Waals surface area contributed by atoms with Crippen LogP contribution < -0.4 is 9.47 Å². The highest BCUT2D eigenvalue weighted by Crippen LogP contribution is 2.28. The molecule has 0 saturated carbocycles. The van der Waals surface area contributed by atoms with Crippen molar-refractivity contribution in [3.8, 4) is 17.6 Å². The van der Waals surface area contributed by atoms with E-state index in [2.05, 4.69) is 6.07 Å². The lowest BCUT2D eigenvalue weighted by Gasteiger charge is -2.16. The van der Waals surface area contributed by atoms with Gasteiger partial charge in [-0.15, -0.1) is 0 Å². The zero-order chi connectivity index (χ0) is 20.4. The average molecular weight is 379 g/mol. The summed E-state index contributed by atoms with van der Waals surface area (Å²) in [5, 5.41) is 9.59. The van der Waals surface area contributed by atoms with Crippen molar-refractivity contribution in [3.05, 3.63) is 65.2 Å². The first-order valence-electron chi connectivity index (χ1n) is 9.25. The number of ether oxygens (including phenoxy) is 3. The summed E-state index contributed by atoms with van der Waals surface area (Å²) in [5.74, 6) is 0.583. The van der Waals surface area contributed by atoms with Crippen LogP contribution in [0.5, 0.6) is 11.5 Å². The second kappa shape index (κ2) is 10.8. The Kier molecular flexibility index (Phi) is 8.11. The molecular formula is C23H25NO4. The molecule has 0 aliphatic heterocycles. The molecule has 146 valence electrons. The van der Waals surface area contributed by atoms with Gasteiger partial charge in [-0.2, -0.15) is 5.26 Å². The maximum absolute atomic E-state index is 12.5. The van der Waals surface area contributed by atoms with E-state index in [4.69, 9.17) is 14.2 Å². The van der Waals surface area contributed by atoms with Crippen LogP contribution in [0.1, 0.15) is 37.3 Å². The van der Waals surface area contributed by atoms with Crippen LogP contribution >= 0.6 is 0 Å². The topological polar surface area (TPSA) is 68.6 Å². The zero-order valence-corrected chi connectivity index (χ0v) is 16.5. The molecule has 2 aromatic carbocycles. The van der Waals surface area contributed by atoms with Gasteiger partial charge in [0.15, 0.2) is 0 Å². The maximum atomic E-state index is 12.5. The van der Waals surface area contributed by atoms with E-state index in [1.54, 1.807) is 20.1 Å². The van der Waals surface area contributed by atoms with Crippen LogP contribution in [0, 0.1) is 11.3 Å². The summed E-state index contributed by atoms with van der Waals surface area (Å²) in [6.07, 6.45) is 2.04. The first-order valence-corrected chi connectivity index (χ1v) is 9.25. The Hall–Kier alpha value is -3.26. The minimum Gasteiger partial charge on any atom is -0.497 e. The van der Waals surface area contributed by atoms with Crippen molar-refractivity contribution in [1.82, 2.24) is 0 Å². The lowest BCUT2D eigenvalue weighted by Crippen LogP contribution is -2.16. The number of nitrogens with zero attached hydrogens (tertiary/aromatic N) is 1. The number of carbonyl (C=O) groups is 1. The number of esters is 1. The molecule has 0 heterocycles. The van der Waals surface area contributed by atoms with Gasteiger partial charge in [0.25, 0.3) is 0 Å². The quantitative estimate of drug-likeness (QED) is 0.465. The summed E-state index contributed by atoms with van der Waals surface area (Å²) in [5.41, 5.74) is 2.15. The van der Waals surface area contributed by atoms with E-state index < -0.39 is 5.92 Å². The van der Waals surface area contributed by atoms with E-state index in [1.165, 1.54) is 0 Å². The molecular weight excluding hydrogens is 354 g/mol. The number of benzene rings is 2. The van der Waals surface area contributed by atoms with Crippen LogP contribution in [0.15, 0.2) is 54.1 Å². The van der Waals surface area contributed by atoms with Gasteiger partial charge in [-0.3, -0.25) is 4.79 Å². The van der Waals surface area contributed by atoms with E-state index in [0.717, 1.165) is 22.6 Å². The minimum absolute atomic E-state index is 0.259. The average Bonchev–Trinajstić information content (AvgIpc) is 2.72. The van der Waals surface area contributed by atoms with Crippen molar-refractivity contribution in [2.45, 2.75) is 26.2 Å². The molecule has 5 heteroatoms. The molecule has 0 saturated heterocycles. The molecule has 1 unspecified atom stereocenters. The summed E-state index contributed by atoms with van der Waals surface area (Å²) in [6.45, 7) is 4.55. The third-order valence-electron chi connectivity index (χ3n) is 4.19. The standard InChI is InChI=1S/C23H25NO4/c1-4-27-21-12-8-19(9-13-21)22(23(25)28-5-2)15-18(16-24)14-17-6-10-20(26-3)11-7-17/h6-14,22H,4-5,15H2,1-3H3/b18-14-. The fourth-order valence-electron chi connectivity index (χ4n) is 2.80. The van der Waals surface area contributed by atoms with Crippen LogP contribution in [-0.2, 0) is 9.53 Å². The largest absolute Gasteiger partial charge is 0.497 e. The summed E-state index contributed by atoms with van der Waals surface area (Å²) < 4.78 is 15.8. The first-order chi connectivity index (χ1) is 13.6. The van der Waals surface area contributed by atoms with E-state index >= 15 is 0 Å². The van der Waals surface area contributed by atoms with E-state index in [9.17, 15) is 10.1 Å². The Bertz CT molecular complexity index is 832. The van der Waals surface area contributed by atoms with Crippen molar-refractivity contribution in [3.63, 3.8) is 0 Å². The second-order valence-corrected chi connectivity index (χ2v) is 6.07. The SMILES string of the molecule is CCOC(=O)C(C/C(C#N)=C/c1ccc(OC)cc1)c1ccc(OCC)cc1. The van der Waals surface area contributed by atoms with E-state index in [1.807, 2.05) is 55.5 Å². The Labute approximate surface area is 166 Å². The van der Waals surface area contributed by atoms with Crippen molar-refractivity contribution in [1.29, 1.82) is 5.26 Å². The highest BCUT2D eigenvalue weighted by atomic mass is 16.5. The lowest BCUT2D eigenvalue weighted by atomic mass is 9.91. The smallest absolute Gasteiger partial charge is 0.313 e. The molecule has 0 fully saturated rings. The molecule has 2 rings (SSSR count). The third kappa shape index (κ3) is 5.88. The van der Waals surface area contributed by atoms with Crippen LogP contribution in [0.3, 0.4) is 0 Å². The predicted molar refractivity (Wildman–Crippen MR) is 108 cm³/mol. The molecule has 28 heavy (non-hydrogen) atoms. The molecule has 0 N–H and O–H groups in total. The van der Waals surface area contributed by atoms with Gasteiger partial charge < -0.3 is 14.2 Å². The van der Waals surface area contributed by atoms with Crippen LogP contribution in [0.25, 0.3) is 6.08 Å². The van der Waals surface area contributed by atoms with Crippen LogP contribution in [0.4, 0.5) is 0 Å². The molecule has 5 nitrogen and oxygen atoms in total. The molecule has 0 aliphatic carbocycles. The number of methoxy groups -OCH3 is 1. The lowest BCUT2D eigenvalue weighted by molar-refractivity contribution is -0.144. The molecule has 0 aliphatic rings. The van der Waals surface area contributed by atoms with Crippen molar-refractivity contribution < 1.29 is 19.0 Å². The van der Waals surface area contributed by atoms with Gasteiger partial charge >= 0.3 is 5.97 Å². The number of rotatable bonds is 9. The van der Waals surface area contributed by atoms with Gasteiger partial charge in [-0.05, 0) is 61.7 Å². The summed E-state index contributed by atoms with van der Waals surface area (Å²) in [6, 6.07) is 16.9. The van der Waals surface area contributed by atoms with Gasteiger partial charge in [0.1, 0.15) is 11.5 Å². The number of hydrogen-bond donors (Lipinski definition) is 0. The van der Waals surface area contributed by atoms with Crippen molar-refractivity contribution in [2.75, 3.05) is 20.3 Å². The van der Waals surface area contributed by atoms with Crippen LogP contribution in [-0.4, -0.2) is 26.3 Å². The van der Waals surface area contributed by atoms with Gasteiger partial charge in [-0.25, -0.2) is 0 Å². The third-order valence-corrected chi connectivity index (χ3v) is 4.19. The number of nitriles is 1. The molecule has 0 amide bonds. The molecule has 0 spiro atoms. The zero-order valence-electron chi connectivity index (χ0n) is 16.5. The molecule has 0 aromatic heterocycles. The van der Waals surface area contributed by atoms with Gasteiger partial charge in [0, 0.05) is 5.57 Å². The number of carbonyl (C=O) groups excluding carboxylic acids is 1. The highest BCUT2D eigenvalue weighted by molar-refractivity contribution is 5.79. The van der Waals surface area contributed by atoms with Crippen LogP contribution in [0.2, 0.25) is 0 Å². The predicted octanol–water partition coefficient (Wildman–Crippen LogP) is 4.74. The molecule has 2 aromatic rings. The summed E-state index contributed by atoms with van der Waals surface area (Å²) in [4.78, 5) is 12.5. The van der Waals surface area contributed by atoms with E-state index in [0.29, 0.717) is 12.2 Å². The Morgan fingerprint density at radius 1 is 1.04 bits per heavy atom. The Morgan fingerprint density at radius 3 is 2.21 bits per heavy atom. The van der Waals surface area contributed by atoms with Gasteiger partial charge in [0.2, 0.25) is 0 Å². The summed E-state index contributed by atoms with van der Waals surface area (Å²) >= 11 is 0. The minimum atomic E-state index is -0.556. The first kappa shape index (κ1) is 21.0.